The fourth-order valence-corrected chi connectivity index (χ4v) is 2.25. The number of carbonyl (C=O) groups excluding carboxylic acids is 2. The molecule has 6 nitrogen and oxygen atoms in total. The van der Waals surface area contributed by atoms with Gasteiger partial charge in [0.2, 0.25) is 5.91 Å². The van der Waals surface area contributed by atoms with E-state index in [1.165, 1.54) is 0 Å². The first kappa shape index (κ1) is 21.0. The Labute approximate surface area is 150 Å². The summed E-state index contributed by atoms with van der Waals surface area (Å²) in [5.74, 6) is -0.177. The fraction of sp³-hybridized carbons (Fsp3) is 0.579. The Morgan fingerprint density at radius 1 is 1.12 bits per heavy atom. The molecule has 0 radical (unpaired) electrons. The number of likely N-dealkylation sites (N-methyl/N-ethyl adjacent to an activating group) is 1. The maximum Gasteiger partial charge on any atom is 0.408 e. The van der Waals surface area contributed by atoms with Crippen molar-refractivity contribution in [2.24, 2.45) is 0 Å². The molecule has 0 bridgehead atoms. The van der Waals surface area contributed by atoms with Crippen molar-refractivity contribution < 1.29 is 19.1 Å². The van der Waals surface area contributed by atoms with Crippen LogP contribution in [0.5, 0.6) is 0 Å². The van der Waals surface area contributed by atoms with Gasteiger partial charge in [-0.25, -0.2) is 4.79 Å². The monoisotopic (exact) mass is 350 g/mol. The maximum absolute atomic E-state index is 12.6. The smallest absolute Gasteiger partial charge is 0.408 e. The second-order valence-corrected chi connectivity index (χ2v) is 6.71. The first-order valence-electron chi connectivity index (χ1n) is 8.66. The summed E-state index contributed by atoms with van der Waals surface area (Å²) in [6.45, 7) is 10.7. The van der Waals surface area contributed by atoms with Gasteiger partial charge in [0.25, 0.3) is 0 Å². The van der Waals surface area contributed by atoms with Crippen LogP contribution in [0, 0.1) is 0 Å². The van der Waals surface area contributed by atoms with E-state index in [-0.39, 0.29) is 12.5 Å². The Morgan fingerprint density at radius 3 is 2.24 bits per heavy atom. The Morgan fingerprint density at radius 2 is 1.72 bits per heavy atom. The molecule has 0 heterocycles. The second-order valence-electron chi connectivity index (χ2n) is 6.71. The molecule has 0 unspecified atom stereocenters. The number of amides is 2. The van der Waals surface area contributed by atoms with Gasteiger partial charge in [-0.2, -0.15) is 0 Å². The molecule has 1 atom stereocenters. The molecular formula is C19H30N2O4. The normalized spacial score (nSPS) is 12.4. The van der Waals surface area contributed by atoms with E-state index in [0.29, 0.717) is 19.7 Å². The van der Waals surface area contributed by atoms with E-state index in [1.54, 1.807) is 25.7 Å². The number of alkyl carbamates (subject to hydrolysis) is 1. The molecule has 0 fully saturated rings. The predicted octanol–water partition coefficient (Wildman–Crippen LogP) is 2.96. The van der Waals surface area contributed by atoms with E-state index in [4.69, 9.17) is 9.47 Å². The van der Waals surface area contributed by atoms with E-state index in [9.17, 15) is 9.59 Å². The fourth-order valence-electron chi connectivity index (χ4n) is 2.25. The summed E-state index contributed by atoms with van der Waals surface area (Å²) in [7, 11) is 0. The highest BCUT2D eigenvalue weighted by Gasteiger charge is 2.27. The van der Waals surface area contributed by atoms with Crippen LogP contribution in [0.4, 0.5) is 4.79 Å². The van der Waals surface area contributed by atoms with Crippen molar-refractivity contribution in [3.8, 4) is 0 Å². The number of nitrogens with zero attached hydrogens (tertiary/aromatic N) is 1. The van der Waals surface area contributed by atoms with Crippen LogP contribution in [0.25, 0.3) is 0 Å². The molecule has 1 rings (SSSR count). The molecule has 0 aliphatic heterocycles. The van der Waals surface area contributed by atoms with Gasteiger partial charge in [0, 0.05) is 13.1 Å². The minimum atomic E-state index is -0.779. The number of benzene rings is 1. The van der Waals surface area contributed by atoms with Crippen LogP contribution in [0.1, 0.15) is 40.2 Å². The van der Waals surface area contributed by atoms with Gasteiger partial charge in [-0.3, -0.25) is 4.79 Å². The molecule has 1 N–H and O–H groups in total. The number of rotatable bonds is 8. The van der Waals surface area contributed by atoms with Crippen LogP contribution in [0.3, 0.4) is 0 Å². The molecular weight excluding hydrogens is 320 g/mol. The van der Waals surface area contributed by atoms with Crippen LogP contribution in [-0.2, 0) is 20.9 Å². The SMILES string of the molecule is CCN(CC)C(=O)[C@H](COCc1ccccc1)NC(=O)OC(C)(C)C. The average molecular weight is 350 g/mol. The van der Waals surface area contributed by atoms with Crippen molar-refractivity contribution in [1.82, 2.24) is 10.2 Å². The minimum absolute atomic E-state index is 0.0868. The Bertz CT molecular complexity index is 536. The lowest BCUT2D eigenvalue weighted by molar-refractivity contribution is -0.134. The average Bonchev–Trinajstić information content (AvgIpc) is 2.54. The Balaban J connectivity index is 2.69. The summed E-state index contributed by atoms with van der Waals surface area (Å²) in [4.78, 5) is 26.3. The summed E-state index contributed by atoms with van der Waals surface area (Å²) in [5.41, 5.74) is 0.381. The first-order chi connectivity index (χ1) is 11.8. The van der Waals surface area contributed by atoms with E-state index in [1.807, 2.05) is 44.2 Å². The van der Waals surface area contributed by atoms with Gasteiger partial charge in [-0.05, 0) is 40.2 Å². The van der Waals surface area contributed by atoms with Crippen molar-refractivity contribution in [2.75, 3.05) is 19.7 Å². The number of carbonyl (C=O) groups is 2. The molecule has 1 aromatic carbocycles. The van der Waals surface area contributed by atoms with Gasteiger partial charge < -0.3 is 19.7 Å². The lowest BCUT2D eigenvalue weighted by Crippen LogP contribution is -2.51. The van der Waals surface area contributed by atoms with Gasteiger partial charge in [0.1, 0.15) is 11.6 Å². The number of nitrogens with one attached hydrogen (secondary N) is 1. The lowest BCUT2D eigenvalue weighted by Gasteiger charge is -2.27. The molecule has 2 amide bonds. The van der Waals surface area contributed by atoms with Crippen LogP contribution < -0.4 is 5.32 Å². The highest BCUT2D eigenvalue weighted by molar-refractivity contribution is 5.85. The van der Waals surface area contributed by atoms with Crippen molar-refractivity contribution in [2.45, 2.75) is 52.9 Å². The zero-order chi connectivity index (χ0) is 18.9. The third-order valence-electron chi connectivity index (χ3n) is 3.46. The summed E-state index contributed by atoms with van der Waals surface area (Å²) in [5, 5.41) is 2.63. The molecule has 0 saturated heterocycles. The summed E-state index contributed by atoms with van der Waals surface area (Å²) >= 11 is 0. The van der Waals surface area contributed by atoms with Crippen LogP contribution >= 0.6 is 0 Å². The third kappa shape index (κ3) is 8.03. The highest BCUT2D eigenvalue weighted by atomic mass is 16.6. The number of hydrogen-bond acceptors (Lipinski definition) is 4. The maximum atomic E-state index is 12.6. The molecule has 0 saturated carbocycles. The quantitative estimate of drug-likeness (QED) is 0.783. The van der Waals surface area contributed by atoms with E-state index in [0.717, 1.165) is 5.56 Å². The molecule has 0 aliphatic carbocycles. The molecule has 140 valence electrons. The summed E-state index contributed by atoms with van der Waals surface area (Å²) in [6.07, 6.45) is -0.624. The molecule has 0 aliphatic rings. The summed E-state index contributed by atoms with van der Waals surface area (Å²) < 4.78 is 10.9. The number of ether oxygens (including phenoxy) is 2. The molecule has 1 aromatic rings. The van der Waals surface area contributed by atoms with Crippen LogP contribution in [0.15, 0.2) is 30.3 Å². The van der Waals surface area contributed by atoms with Crippen LogP contribution in [0.2, 0.25) is 0 Å². The largest absolute Gasteiger partial charge is 0.444 e. The van der Waals surface area contributed by atoms with Crippen LogP contribution in [-0.4, -0.2) is 48.2 Å². The molecule has 0 spiro atoms. The number of hydrogen-bond donors (Lipinski definition) is 1. The topological polar surface area (TPSA) is 67.9 Å². The van der Waals surface area contributed by atoms with Crippen molar-refractivity contribution in [1.29, 1.82) is 0 Å². The molecule has 25 heavy (non-hydrogen) atoms. The predicted molar refractivity (Wildman–Crippen MR) is 97.2 cm³/mol. The molecule has 6 heteroatoms. The molecule has 0 aromatic heterocycles. The van der Waals surface area contributed by atoms with Crippen molar-refractivity contribution in [3.05, 3.63) is 35.9 Å². The van der Waals surface area contributed by atoms with E-state index in [2.05, 4.69) is 5.32 Å². The van der Waals surface area contributed by atoms with Gasteiger partial charge in [0.15, 0.2) is 0 Å². The highest BCUT2D eigenvalue weighted by Crippen LogP contribution is 2.08. The third-order valence-corrected chi connectivity index (χ3v) is 3.46. The van der Waals surface area contributed by atoms with Gasteiger partial charge in [-0.1, -0.05) is 30.3 Å². The zero-order valence-electron chi connectivity index (χ0n) is 15.9. The summed E-state index contributed by atoms with van der Waals surface area (Å²) in [6, 6.07) is 8.90. The van der Waals surface area contributed by atoms with Gasteiger partial charge in [0.05, 0.1) is 13.2 Å². The van der Waals surface area contributed by atoms with Gasteiger partial charge >= 0.3 is 6.09 Å². The minimum Gasteiger partial charge on any atom is -0.444 e. The van der Waals surface area contributed by atoms with Gasteiger partial charge in [-0.15, -0.1) is 0 Å². The Kier molecular flexibility index (Phi) is 8.41. The van der Waals surface area contributed by atoms with E-state index >= 15 is 0 Å². The van der Waals surface area contributed by atoms with Crippen molar-refractivity contribution in [3.63, 3.8) is 0 Å². The zero-order valence-corrected chi connectivity index (χ0v) is 15.9. The Hall–Kier alpha value is -2.08. The lowest BCUT2D eigenvalue weighted by atomic mass is 10.2. The second kappa shape index (κ2) is 10.0. The first-order valence-corrected chi connectivity index (χ1v) is 8.66. The standard InChI is InChI=1S/C19H30N2O4/c1-6-21(7-2)17(22)16(20-18(23)25-19(3,4)5)14-24-13-15-11-9-8-10-12-15/h8-12,16H,6-7,13-14H2,1-5H3,(H,20,23)/t16-/m0/s1. The van der Waals surface area contributed by atoms with Crippen molar-refractivity contribution >= 4 is 12.0 Å². The van der Waals surface area contributed by atoms with E-state index < -0.39 is 17.7 Å².